The minimum absolute atomic E-state index is 0. The third-order valence-electron chi connectivity index (χ3n) is 3.98. The molecule has 2 aromatic rings. The Balaban J connectivity index is 0.00000192. The van der Waals surface area contributed by atoms with Crippen LogP contribution in [-0.4, -0.2) is 24.0 Å². The summed E-state index contributed by atoms with van der Waals surface area (Å²) in [5.74, 6) is 0.167. The number of carbonyl (C=O) groups is 1. The van der Waals surface area contributed by atoms with Gasteiger partial charge in [-0.05, 0) is 36.7 Å². The van der Waals surface area contributed by atoms with Gasteiger partial charge in [-0.25, -0.2) is 9.37 Å². The zero-order valence-corrected chi connectivity index (χ0v) is 14.3. The van der Waals surface area contributed by atoms with Crippen molar-refractivity contribution in [3.63, 3.8) is 0 Å². The second kappa shape index (κ2) is 7.86. The molecule has 0 saturated carbocycles. The van der Waals surface area contributed by atoms with E-state index in [1.54, 1.807) is 12.3 Å². The standard InChI is InChI=1S/C16H18FN3OS.ClH/c1-10(12-7-18-8-12)15(21)20-16-19-9-14(22-16)6-11-3-2-4-13(17)5-11;/h2-5,9-10,12,18H,6-8H2,1H3,(H,19,20,21);1H. The van der Waals surface area contributed by atoms with E-state index in [0.717, 1.165) is 23.5 Å². The van der Waals surface area contributed by atoms with Crippen molar-refractivity contribution in [2.45, 2.75) is 13.3 Å². The first-order valence-electron chi connectivity index (χ1n) is 7.32. The summed E-state index contributed by atoms with van der Waals surface area (Å²) in [7, 11) is 0. The summed E-state index contributed by atoms with van der Waals surface area (Å²) in [6.45, 7) is 3.75. The van der Waals surface area contributed by atoms with E-state index in [9.17, 15) is 9.18 Å². The van der Waals surface area contributed by atoms with Crippen LogP contribution in [0.25, 0.3) is 0 Å². The molecule has 1 amide bonds. The van der Waals surface area contributed by atoms with Crippen molar-refractivity contribution >= 4 is 34.8 Å². The second-order valence-electron chi connectivity index (χ2n) is 5.63. The van der Waals surface area contributed by atoms with Gasteiger partial charge in [-0.2, -0.15) is 0 Å². The van der Waals surface area contributed by atoms with Gasteiger partial charge in [0, 0.05) is 23.4 Å². The summed E-state index contributed by atoms with van der Waals surface area (Å²) >= 11 is 1.44. The monoisotopic (exact) mass is 355 g/mol. The molecule has 1 atom stereocenters. The molecule has 2 N–H and O–H groups in total. The van der Waals surface area contributed by atoms with Crippen molar-refractivity contribution in [3.05, 3.63) is 46.7 Å². The van der Waals surface area contributed by atoms with Gasteiger partial charge < -0.3 is 10.6 Å². The Morgan fingerprint density at radius 1 is 1.52 bits per heavy atom. The first-order chi connectivity index (χ1) is 10.6. The van der Waals surface area contributed by atoms with Gasteiger partial charge >= 0.3 is 0 Å². The quantitative estimate of drug-likeness (QED) is 0.866. The largest absolute Gasteiger partial charge is 0.316 e. The van der Waals surface area contributed by atoms with Crippen LogP contribution in [0.4, 0.5) is 9.52 Å². The van der Waals surface area contributed by atoms with Crippen molar-refractivity contribution < 1.29 is 9.18 Å². The highest BCUT2D eigenvalue weighted by Crippen LogP contribution is 2.23. The summed E-state index contributed by atoms with van der Waals surface area (Å²) < 4.78 is 13.2. The molecule has 0 spiro atoms. The number of benzene rings is 1. The average molecular weight is 356 g/mol. The second-order valence-corrected chi connectivity index (χ2v) is 6.75. The number of halogens is 2. The number of anilines is 1. The van der Waals surface area contributed by atoms with Gasteiger partial charge in [0.15, 0.2) is 5.13 Å². The Morgan fingerprint density at radius 2 is 2.30 bits per heavy atom. The molecular formula is C16H19ClFN3OS. The lowest BCUT2D eigenvalue weighted by Gasteiger charge is -2.31. The Hall–Kier alpha value is -1.50. The maximum absolute atomic E-state index is 13.2. The molecule has 1 saturated heterocycles. The van der Waals surface area contributed by atoms with E-state index in [1.165, 1.54) is 23.5 Å². The molecule has 4 nitrogen and oxygen atoms in total. The van der Waals surface area contributed by atoms with E-state index in [1.807, 2.05) is 13.0 Å². The number of thiazole rings is 1. The van der Waals surface area contributed by atoms with Gasteiger partial charge in [-0.15, -0.1) is 23.7 Å². The van der Waals surface area contributed by atoms with E-state index >= 15 is 0 Å². The maximum Gasteiger partial charge on any atom is 0.229 e. The van der Waals surface area contributed by atoms with Gasteiger partial charge in [0.25, 0.3) is 0 Å². The molecule has 1 aromatic carbocycles. The summed E-state index contributed by atoms with van der Waals surface area (Å²) in [6, 6.07) is 6.53. The van der Waals surface area contributed by atoms with Crippen molar-refractivity contribution in [1.82, 2.24) is 10.3 Å². The van der Waals surface area contributed by atoms with Gasteiger partial charge in [-0.1, -0.05) is 19.1 Å². The van der Waals surface area contributed by atoms with E-state index < -0.39 is 0 Å². The highest BCUT2D eigenvalue weighted by Gasteiger charge is 2.29. The zero-order chi connectivity index (χ0) is 15.5. The number of carbonyl (C=O) groups excluding carboxylic acids is 1. The summed E-state index contributed by atoms with van der Waals surface area (Å²) in [6.07, 6.45) is 2.36. The lowest BCUT2D eigenvalue weighted by molar-refractivity contribution is -0.121. The SMILES string of the molecule is CC(C(=O)Nc1ncc(Cc2cccc(F)c2)s1)C1CNC1.Cl. The molecule has 0 aliphatic carbocycles. The van der Waals surface area contributed by atoms with Crippen LogP contribution in [0.5, 0.6) is 0 Å². The summed E-state index contributed by atoms with van der Waals surface area (Å²) in [4.78, 5) is 17.4. The highest BCUT2D eigenvalue weighted by atomic mass is 35.5. The van der Waals surface area contributed by atoms with Gasteiger partial charge in [0.05, 0.1) is 0 Å². The van der Waals surface area contributed by atoms with Crippen molar-refractivity contribution in [2.75, 3.05) is 18.4 Å². The molecule has 1 aliphatic rings. The molecule has 7 heteroatoms. The highest BCUT2D eigenvalue weighted by molar-refractivity contribution is 7.15. The van der Waals surface area contributed by atoms with Crippen LogP contribution in [-0.2, 0) is 11.2 Å². The molecule has 1 aliphatic heterocycles. The van der Waals surface area contributed by atoms with Crippen molar-refractivity contribution in [1.29, 1.82) is 0 Å². The fourth-order valence-corrected chi connectivity index (χ4v) is 3.24. The fraction of sp³-hybridized carbons (Fsp3) is 0.375. The minimum atomic E-state index is -0.238. The van der Waals surface area contributed by atoms with Crippen LogP contribution in [0.15, 0.2) is 30.5 Å². The molecule has 0 radical (unpaired) electrons. The molecular weight excluding hydrogens is 337 g/mol. The van der Waals surface area contributed by atoms with Crippen LogP contribution in [0.2, 0.25) is 0 Å². The number of hydrogen-bond acceptors (Lipinski definition) is 4. The van der Waals surface area contributed by atoms with Crippen molar-refractivity contribution in [3.8, 4) is 0 Å². The van der Waals surface area contributed by atoms with Gasteiger partial charge in [-0.3, -0.25) is 4.79 Å². The topological polar surface area (TPSA) is 54.0 Å². The molecule has 1 unspecified atom stereocenters. The first-order valence-corrected chi connectivity index (χ1v) is 8.14. The number of hydrogen-bond donors (Lipinski definition) is 2. The fourth-order valence-electron chi connectivity index (χ4n) is 2.39. The van der Waals surface area contributed by atoms with E-state index in [-0.39, 0.29) is 30.0 Å². The molecule has 23 heavy (non-hydrogen) atoms. The number of rotatable bonds is 5. The van der Waals surface area contributed by atoms with E-state index in [2.05, 4.69) is 15.6 Å². The van der Waals surface area contributed by atoms with Crippen molar-refractivity contribution in [2.24, 2.45) is 11.8 Å². The average Bonchev–Trinajstić information content (AvgIpc) is 2.84. The van der Waals surface area contributed by atoms with E-state index in [4.69, 9.17) is 0 Å². The van der Waals surface area contributed by atoms with E-state index in [0.29, 0.717) is 17.5 Å². The minimum Gasteiger partial charge on any atom is -0.316 e. The Morgan fingerprint density at radius 3 is 2.96 bits per heavy atom. The van der Waals surface area contributed by atoms with Crippen LogP contribution >= 0.6 is 23.7 Å². The van der Waals surface area contributed by atoms with Crippen LogP contribution in [0.3, 0.4) is 0 Å². The van der Waals surface area contributed by atoms with Gasteiger partial charge in [0.2, 0.25) is 5.91 Å². The molecule has 124 valence electrons. The molecule has 0 bridgehead atoms. The lowest BCUT2D eigenvalue weighted by Crippen LogP contribution is -2.48. The number of amides is 1. The Labute approximate surface area is 144 Å². The first kappa shape index (κ1) is 17.8. The summed E-state index contributed by atoms with van der Waals surface area (Å²) in [5, 5.41) is 6.66. The van der Waals surface area contributed by atoms with Crippen LogP contribution < -0.4 is 10.6 Å². The van der Waals surface area contributed by atoms with Gasteiger partial charge in [0.1, 0.15) is 5.82 Å². The predicted octanol–water partition coefficient (Wildman–Crippen LogP) is 3.09. The van der Waals surface area contributed by atoms with Crippen LogP contribution in [0.1, 0.15) is 17.4 Å². The number of nitrogens with one attached hydrogen (secondary N) is 2. The maximum atomic E-state index is 13.2. The number of nitrogens with zero attached hydrogens (tertiary/aromatic N) is 1. The molecule has 2 heterocycles. The smallest absolute Gasteiger partial charge is 0.229 e. The summed E-state index contributed by atoms with van der Waals surface area (Å²) in [5.41, 5.74) is 0.899. The third-order valence-corrected chi connectivity index (χ3v) is 4.90. The molecule has 3 rings (SSSR count). The number of aromatic nitrogens is 1. The van der Waals surface area contributed by atoms with Crippen LogP contribution in [0, 0.1) is 17.7 Å². The Kier molecular flexibility index (Phi) is 6.10. The normalized spacial score (nSPS) is 15.4. The lowest BCUT2D eigenvalue weighted by atomic mass is 9.88. The third kappa shape index (κ3) is 4.50. The molecule has 1 fully saturated rings. The predicted molar refractivity (Wildman–Crippen MR) is 92.7 cm³/mol. The molecule has 1 aromatic heterocycles. The Bertz CT molecular complexity index is 675. The zero-order valence-electron chi connectivity index (χ0n) is 12.7.